The van der Waals surface area contributed by atoms with Gasteiger partial charge < -0.3 is 10.1 Å². The zero-order chi connectivity index (χ0) is 14.4. The number of nitrogens with zero attached hydrogens (tertiary/aromatic N) is 1. The summed E-state index contributed by atoms with van der Waals surface area (Å²) in [4.78, 5) is 4.00. The van der Waals surface area contributed by atoms with Gasteiger partial charge in [-0.1, -0.05) is 30.1 Å². The smallest absolute Gasteiger partial charge is 0.147 e. The Hall–Kier alpha value is -1.29. The molecule has 0 amide bonds. The van der Waals surface area contributed by atoms with E-state index in [1.165, 1.54) is 0 Å². The van der Waals surface area contributed by atoms with Crippen molar-refractivity contribution in [1.82, 2.24) is 10.3 Å². The number of ether oxygens (including phenoxy) is 1. The van der Waals surface area contributed by atoms with Crippen LogP contribution in [0.25, 0.3) is 0 Å². The summed E-state index contributed by atoms with van der Waals surface area (Å²) in [5.74, 6) is 1.36. The monoisotopic (exact) mass is 310 g/mol. The van der Waals surface area contributed by atoms with Crippen LogP contribution in [0.4, 0.5) is 0 Å². The fraction of sp³-hybridized carbons (Fsp3) is 0.267. The minimum Gasteiger partial charge on any atom is -0.455 e. The maximum absolute atomic E-state index is 6.04. The van der Waals surface area contributed by atoms with Crippen LogP contribution in [0, 0.1) is 0 Å². The van der Waals surface area contributed by atoms with Crippen LogP contribution < -0.4 is 10.1 Å². The van der Waals surface area contributed by atoms with E-state index in [0.29, 0.717) is 22.3 Å². The Morgan fingerprint density at radius 1 is 1.15 bits per heavy atom. The zero-order valence-electron chi connectivity index (χ0n) is 11.2. The van der Waals surface area contributed by atoms with Gasteiger partial charge in [-0.05, 0) is 31.2 Å². The van der Waals surface area contributed by atoms with Gasteiger partial charge in [0, 0.05) is 29.4 Å². The van der Waals surface area contributed by atoms with Crippen LogP contribution in [-0.4, -0.2) is 11.5 Å². The Morgan fingerprint density at radius 2 is 2.00 bits per heavy atom. The number of halogens is 2. The first-order valence-electron chi connectivity index (χ1n) is 6.46. The van der Waals surface area contributed by atoms with Crippen molar-refractivity contribution in [2.45, 2.75) is 19.9 Å². The van der Waals surface area contributed by atoms with E-state index < -0.39 is 0 Å². The lowest BCUT2D eigenvalue weighted by Crippen LogP contribution is -2.14. The van der Waals surface area contributed by atoms with Crippen molar-refractivity contribution in [2.24, 2.45) is 0 Å². The molecule has 0 radical (unpaired) electrons. The van der Waals surface area contributed by atoms with Gasteiger partial charge in [-0.3, -0.25) is 4.98 Å². The Bertz CT molecular complexity index is 576. The van der Waals surface area contributed by atoms with Crippen molar-refractivity contribution in [2.75, 3.05) is 6.54 Å². The van der Waals surface area contributed by atoms with Crippen LogP contribution in [-0.2, 0) is 6.54 Å². The van der Waals surface area contributed by atoms with Crippen molar-refractivity contribution < 1.29 is 4.74 Å². The van der Waals surface area contributed by atoms with Crippen molar-refractivity contribution in [3.8, 4) is 11.5 Å². The second-order valence-corrected chi connectivity index (χ2v) is 5.24. The van der Waals surface area contributed by atoms with Gasteiger partial charge in [0.25, 0.3) is 0 Å². The normalized spacial score (nSPS) is 10.6. The Balaban J connectivity index is 2.17. The van der Waals surface area contributed by atoms with E-state index in [-0.39, 0.29) is 0 Å². The second kappa shape index (κ2) is 7.48. The van der Waals surface area contributed by atoms with Gasteiger partial charge in [0.05, 0.1) is 11.2 Å². The summed E-state index contributed by atoms with van der Waals surface area (Å²) in [7, 11) is 0. The van der Waals surface area contributed by atoms with E-state index in [4.69, 9.17) is 27.9 Å². The molecule has 0 spiro atoms. The maximum atomic E-state index is 6.04. The topological polar surface area (TPSA) is 34.1 Å². The molecule has 0 aliphatic carbocycles. The van der Waals surface area contributed by atoms with Crippen molar-refractivity contribution >= 4 is 23.2 Å². The molecule has 0 saturated heterocycles. The molecule has 3 nitrogen and oxygen atoms in total. The minimum atomic E-state index is 0.544. The Morgan fingerprint density at radius 3 is 2.75 bits per heavy atom. The van der Waals surface area contributed by atoms with Gasteiger partial charge in [0.15, 0.2) is 0 Å². The average molecular weight is 311 g/mol. The molecule has 0 aliphatic rings. The molecule has 2 rings (SSSR count). The lowest BCUT2D eigenvalue weighted by atomic mass is 10.2. The molecular weight excluding hydrogens is 295 g/mol. The number of hydrogen-bond donors (Lipinski definition) is 1. The second-order valence-electron chi connectivity index (χ2n) is 4.37. The fourth-order valence-electron chi connectivity index (χ4n) is 1.76. The first-order chi connectivity index (χ1) is 9.69. The number of hydrogen-bond acceptors (Lipinski definition) is 3. The number of nitrogens with one attached hydrogen (secondary N) is 1. The highest BCUT2D eigenvalue weighted by atomic mass is 35.5. The fourth-order valence-corrected chi connectivity index (χ4v) is 2.12. The molecule has 0 fully saturated rings. The summed E-state index contributed by atoms with van der Waals surface area (Å²) < 4.78 is 5.83. The molecule has 0 bridgehead atoms. The maximum Gasteiger partial charge on any atom is 0.147 e. The van der Waals surface area contributed by atoms with Gasteiger partial charge >= 0.3 is 0 Å². The molecule has 1 aromatic heterocycles. The van der Waals surface area contributed by atoms with Crippen LogP contribution >= 0.6 is 23.2 Å². The number of rotatable bonds is 6. The Kier molecular flexibility index (Phi) is 5.65. The molecule has 5 heteroatoms. The summed E-state index contributed by atoms with van der Waals surface area (Å²) in [5, 5.41) is 4.57. The zero-order valence-corrected chi connectivity index (χ0v) is 12.7. The van der Waals surface area contributed by atoms with Crippen molar-refractivity contribution in [3.63, 3.8) is 0 Å². The average Bonchev–Trinajstić information content (AvgIpc) is 2.42. The van der Waals surface area contributed by atoms with E-state index in [2.05, 4.69) is 17.2 Å². The summed E-state index contributed by atoms with van der Waals surface area (Å²) in [6.07, 6.45) is 4.28. The highest BCUT2D eigenvalue weighted by Crippen LogP contribution is 2.28. The molecule has 20 heavy (non-hydrogen) atoms. The highest BCUT2D eigenvalue weighted by molar-refractivity contribution is 6.30. The minimum absolute atomic E-state index is 0.544. The summed E-state index contributed by atoms with van der Waals surface area (Å²) in [6.45, 7) is 3.78. The van der Waals surface area contributed by atoms with E-state index >= 15 is 0 Å². The molecule has 0 atom stereocenters. The van der Waals surface area contributed by atoms with Crippen LogP contribution in [0.1, 0.15) is 18.9 Å². The van der Waals surface area contributed by atoms with Crippen molar-refractivity contribution in [1.29, 1.82) is 0 Å². The standard InChI is InChI=1S/C15H16Cl2N2O/c1-2-5-18-8-11-6-12(16)3-4-15(11)20-14-7-13(17)9-19-10-14/h3-4,6-7,9-10,18H,2,5,8H2,1H3. The highest BCUT2D eigenvalue weighted by Gasteiger charge is 2.06. The molecule has 106 valence electrons. The van der Waals surface area contributed by atoms with Crippen LogP contribution in [0.5, 0.6) is 11.5 Å². The van der Waals surface area contributed by atoms with Crippen molar-refractivity contribution in [3.05, 3.63) is 52.3 Å². The van der Waals surface area contributed by atoms with Gasteiger partial charge in [-0.2, -0.15) is 0 Å². The predicted octanol–water partition coefficient (Wildman–Crippen LogP) is 4.68. The number of aromatic nitrogens is 1. The quantitative estimate of drug-likeness (QED) is 0.787. The third-order valence-electron chi connectivity index (χ3n) is 2.67. The largest absolute Gasteiger partial charge is 0.455 e. The number of benzene rings is 1. The molecule has 2 aromatic rings. The Labute approximate surface area is 128 Å². The van der Waals surface area contributed by atoms with E-state index in [1.54, 1.807) is 24.5 Å². The predicted molar refractivity (Wildman–Crippen MR) is 82.8 cm³/mol. The third-order valence-corrected chi connectivity index (χ3v) is 3.11. The first-order valence-corrected chi connectivity index (χ1v) is 7.22. The van der Waals surface area contributed by atoms with Crippen LogP contribution in [0.2, 0.25) is 10.0 Å². The molecule has 1 aromatic carbocycles. The lowest BCUT2D eigenvalue weighted by Gasteiger charge is -2.12. The van der Waals surface area contributed by atoms with Gasteiger partial charge in [0.1, 0.15) is 11.5 Å². The molecule has 1 heterocycles. The molecule has 0 saturated carbocycles. The van der Waals surface area contributed by atoms with Gasteiger partial charge in [-0.25, -0.2) is 0 Å². The van der Waals surface area contributed by atoms with Crippen LogP contribution in [0.15, 0.2) is 36.7 Å². The van der Waals surface area contributed by atoms with Gasteiger partial charge in [-0.15, -0.1) is 0 Å². The van der Waals surface area contributed by atoms with Gasteiger partial charge in [0.2, 0.25) is 0 Å². The summed E-state index contributed by atoms with van der Waals surface area (Å²) >= 11 is 11.9. The van der Waals surface area contributed by atoms with E-state index in [1.807, 2.05) is 12.1 Å². The molecular formula is C15H16Cl2N2O. The summed E-state index contributed by atoms with van der Waals surface area (Å²) in [6, 6.07) is 7.29. The number of pyridine rings is 1. The first kappa shape index (κ1) is 15.1. The SMILES string of the molecule is CCCNCc1cc(Cl)ccc1Oc1cncc(Cl)c1. The summed E-state index contributed by atoms with van der Waals surface area (Å²) in [5.41, 5.74) is 1.01. The lowest BCUT2D eigenvalue weighted by molar-refractivity contribution is 0.470. The molecule has 1 N–H and O–H groups in total. The van der Waals surface area contributed by atoms with E-state index in [9.17, 15) is 0 Å². The molecule has 0 unspecified atom stereocenters. The van der Waals surface area contributed by atoms with Crippen LogP contribution in [0.3, 0.4) is 0 Å². The van der Waals surface area contributed by atoms with E-state index in [0.717, 1.165) is 24.3 Å². The third kappa shape index (κ3) is 4.37. The molecule has 0 aliphatic heterocycles.